The molecule has 1 heterocycles. The molecule has 2 rings (SSSR count). The molecule has 0 spiro atoms. The molecule has 0 aliphatic rings. The third-order valence-electron chi connectivity index (χ3n) is 2.84. The van der Waals surface area contributed by atoms with Gasteiger partial charge in [0.05, 0.1) is 0 Å². The summed E-state index contributed by atoms with van der Waals surface area (Å²) in [5.74, 6) is 1.11. The molecule has 1 N–H and O–H groups in total. The van der Waals surface area contributed by atoms with Crippen LogP contribution in [0.2, 0.25) is 0 Å². The van der Waals surface area contributed by atoms with E-state index in [2.05, 4.69) is 22.4 Å². The maximum atomic E-state index is 11.4. The van der Waals surface area contributed by atoms with Gasteiger partial charge >= 0.3 is 0 Å². The summed E-state index contributed by atoms with van der Waals surface area (Å²) in [7, 11) is 1.61. The Morgan fingerprint density at radius 2 is 2.05 bits per heavy atom. The molecule has 0 fully saturated rings. The van der Waals surface area contributed by atoms with Gasteiger partial charge in [0.2, 0.25) is 0 Å². The second-order valence-corrected chi connectivity index (χ2v) is 4.28. The predicted octanol–water partition coefficient (Wildman–Crippen LogP) is 2.44. The SMILES string of the molecule is CCCCc1noc(-c2ccc(C(=O)NC)cc2)n1. The van der Waals surface area contributed by atoms with Crippen molar-refractivity contribution >= 4 is 5.91 Å². The number of unbranched alkanes of at least 4 members (excludes halogenated alkanes) is 1. The molecule has 1 aromatic heterocycles. The zero-order chi connectivity index (χ0) is 13.7. The van der Waals surface area contributed by atoms with Gasteiger partial charge in [-0.15, -0.1) is 0 Å². The molecule has 0 atom stereocenters. The Labute approximate surface area is 112 Å². The van der Waals surface area contributed by atoms with Gasteiger partial charge in [-0.3, -0.25) is 4.79 Å². The Morgan fingerprint density at radius 3 is 2.68 bits per heavy atom. The number of benzene rings is 1. The number of aromatic nitrogens is 2. The van der Waals surface area contributed by atoms with Crippen LogP contribution >= 0.6 is 0 Å². The number of rotatable bonds is 5. The average molecular weight is 259 g/mol. The van der Waals surface area contributed by atoms with Crippen molar-refractivity contribution in [1.82, 2.24) is 15.5 Å². The van der Waals surface area contributed by atoms with Crippen molar-refractivity contribution in [3.8, 4) is 11.5 Å². The van der Waals surface area contributed by atoms with E-state index in [1.165, 1.54) is 0 Å². The Balaban J connectivity index is 2.13. The summed E-state index contributed by atoms with van der Waals surface area (Å²) in [6.45, 7) is 2.12. The maximum absolute atomic E-state index is 11.4. The van der Waals surface area contributed by atoms with E-state index in [0.29, 0.717) is 11.5 Å². The van der Waals surface area contributed by atoms with Gasteiger partial charge in [0.15, 0.2) is 5.82 Å². The van der Waals surface area contributed by atoms with E-state index in [1.54, 1.807) is 19.2 Å². The number of carbonyl (C=O) groups excluding carboxylic acids is 1. The first-order chi connectivity index (χ1) is 9.24. The molecule has 5 nitrogen and oxygen atoms in total. The quantitative estimate of drug-likeness (QED) is 0.895. The summed E-state index contributed by atoms with van der Waals surface area (Å²) in [6.07, 6.45) is 2.98. The molecule has 0 saturated carbocycles. The van der Waals surface area contributed by atoms with Gasteiger partial charge in [-0.1, -0.05) is 18.5 Å². The maximum Gasteiger partial charge on any atom is 0.257 e. The van der Waals surface area contributed by atoms with Crippen LogP contribution in [-0.2, 0) is 6.42 Å². The predicted molar refractivity (Wildman–Crippen MR) is 71.7 cm³/mol. The van der Waals surface area contributed by atoms with Crippen LogP contribution in [0.3, 0.4) is 0 Å². The van der Waals surface area contributed by atoms with Crippen molar-refractivity contribution in [1.29, 1.82) is 0 Å². The minimum Gasteiger partial charge on any atom is -0.355 e. The van der Waals surface area contributed by atoms with Gasteiger partial charge in [-0.05, 0) is 30.7 Å². The monoisotopic (exact) mass is 259 g/mol. The number of hydrogen-bond acceptors (Lipinski definition) is 4. The lowest BCUT2D eigenvalue weighted by Gasteiger charge is -1.99. The highest BCUT2D eigenvalue weighted by Gasteiger charge is 2.09. The van der Waals surface area contributed by atoms with Crippen molar-refractivity contribution in [2.24, 2.45) is 0 Å². The van der Waals surface area contributed by atoms with Gasteiger partial charge in [-0.25, -0.2) is 0 Å². The zero-order valence-electron chi connectivity index (χ0n) is 11.1. The Kier molecular flexibility index (Phi) is 4.28. The highest BCUT2D eigenvalue weighted by atomic mass is 16.5. The van der Waals surface area contributed by atoms with Crippen LogP contribution in [0.1, 0.15) is 35.9 Å². The third-order valence-corrected chi connectivity index (χ3v) is 2.84. The topological polar surface area (TPSA) is 68.0 Å². The van der Waals surface area contributed by atoms with Crippen LogP contribution in [0.4, 0.5) is 0 Å². The van der Waals surface area contributed by atoms with E-state index in [-0.39, 0.29) is 5.91 Å². The first kappa shape index (κ1) is 13.3. The van der Waals surface area contributed by atoms with Crippen molar-refractivity contribution in [3.05, 3.63) is 35.7 Å². The molecule has 1 amide bonds. The fourth-order valence-electron chi connectivity index (χ4n) is 1.72. The van der Waals surface area contributed by atoms with Crippen LogP contribution < -0.4 is 5.32 Å². The molecule has 0 aliphatic heterocycles. The van der Waals surface area contributed by atoms with Crippen LogP contribution in [-0.4, -0.2) is 23.1 Å². The summed E-state index contributed by atoms with van der Waals surface area (Å²) >= 11 is 0. The van der Waals surface area contributed by atoms with E-state index < -0.39 is 0 Å². The summed E-state index contributed by atoms with van der Waals surface area (Å²) < 4.78 is 5.21. The van der Waals surface area contributed by atoms with Crippen molar-refractivity contribution < 1.29 is 9.32 Å². The summed E-state index contributed by atoms with van der Waals surface area (Å²) in [5.41, 5.74) is 1.43. The molecule has 0 saturated heterocycles. The molecule has 0 radical (unpaired) electrons. The Morgan fingerprint density at radius 1 is 1.32 bits per heavy atom. The van der Waals surface area contributed by atoms with E-state index in [4.69, 9.17) is 4.52 Å². The number of nitrogens with one attached hydrogen (secondary N) is 1. The van der Waals surface area contributed by atoms with Crippen molar-refractivity contribution in [2.45, 2.75) is 26.2 Å². The normalized spacial score (nSPS) is 10.4. The van der Waals surface area contributed by atoms with E-state index in [0.717, 1.165) is 30.7 Å². The Bertz CT molecular complexity index is 546. The average Bonchev–Trinajstić information content (AvgIpc) is 2.93. The van der Waals surface area contributed by atoms with Crippen LogP contribution in [0.15, 0.2) is 28.8 Å². The van der Waals surface area contributed by atoms with Gasteiger partial charge in [0.1, 0.15) is 0 Å². The number of nitrogens with zero attached hydrogens (tertiary/aromatic N) is 2. The molecular weight excluding hydrogens is 242 g/mol. The van der Waals surface area contributed by atoms with Crippen LogP contribution in [0, 0.1) is 0 Å². The fraction of sp³-hybridized carbons (Fsp3) is 0.357. The molecule has 19 heavy (non-hydrogen) atoms. The van der Waals surface area contributed by atoms with E-state index in [1.807, 2.05) is 12.1 Å². The Hall–Kier alpha value is -2.17. The fourth-order valence-corrected chi connectivity index (χ4v) is 1.72. The van der Waals surface area contributed by atoms with Crippen LogP contribution in [0.25, 0.3) is 11.5 Å². The molecule has 2 aromatic rings. The lowest BCUT2D eigenvalue weighted by molar-refractivity contribution is 0.0963. The molecule has 100 valence electrons. The second-order valence-electron chi connectivity index (χ2n) is 4.28. The minimum atomic E-state index is -0.110. The second kappa shape index (κ2) is 6.13. The lowest BCUT2D eigenvalue weighted by Crippen LogP contribution is -2.17. The van der Waals surface area contributed by atoms with Gasteiger partial charge in [0.25, 0.3) is 11.8 Å². The molecule has 5 heteroatoms. The largest absolute Gasteiger partial charge is 0.355 e. The third kappa shape index (κ3) is 3.19. The highest BCUT2D eigenvalue weighted by Crippen LogP contribution is 2.18. The first-order valence-corrected chi connectivity index (χ1v) is 6.39. The van der Waals surface area contributed by atoms with Crippen LogP contribution in [0.5, 0.6) is 0 Å². The van der Waals surface area contributed by atoms with E-state index in [9.17, 15) is 4.79 Å². The zero-order valence-corrected chi connectivity index (χ0v) is 11.1. The number of hydrogen-bond donors (Lipinski definition) is 1. The number of aryl methyl sites for hydroxylation is 1. The standard InChI is InChI=1S/C14H17N3O2/c1-3-4-5-12-16-14(19-17-12)11-8-6-10(7-9-11)13(18)15-2/h6-9H,3-5H2,1-2H3,(H,15,18). The highest BCUT2D eigenvalue weighted by molar-refractivity contribution is 5.94. The molecule has 0 unspecified atom stereocenters. The smallest absolute Gasteiger partial charge is 0.257 e. The molecule has 1 aromatic carbocycles. The van der Waals surface area contributed by atoms with E-state index >= 15 is 0 Å². The summed E-state index contributed by atoms with van der Waals surface area (Å²) in [4.78, 5) is 15.8. The minimum absolute atomic E-state index is 0.110. The molecular formula is C14H17N3O2. The van der Waals surface area contributed by atoms with Gasteiger partial charge < -0.3 is 9.84 Å². The summed E-state index contributed by atoms with van der Waals surface area (Å²) in [5, 5.41) is 6.52. The molecule has 0 aliphatic carbocycles. The lowest BCUT2D eigenvalue weighted by atomic mass is 10.1. The van der Waals surface area contributed by atoms with Crippen molar-refractivity contribution in [2.75, 3.05) is 7.05 Å². The van der Waals surface area contributed by atoms with Crippen molar-refractivity contribution in [3.63, 3.8) is 0 Å². The van der Waals surface area contributed by atoms with Gasteiger partial charge in [-0.2, -0.15) is 4.98 Å². The number of amides is 1. The first-order valence-electron chi connectivity index (χ1n) is 6.39. The summed E-state index contributed by atoms with van der Waals surface area (Å²) in [6, 6.07) is 7.09. The number of carbonyl (C=O) groups is 1. The van der Waals surface area contributed by atoms with Gasteiger partial charge in [0, 0.05) is 24.6 Å². The molecule has 0 bridgehead atoms.